The third kappa shape index (κ3) is 8.52. The van der Waals surface area contributed by atoms with Crippen LogP contribution in [0.1, 0.15) is 11.1 Å². The molecule has 2 N–H and O–H groups in total. The van der Waals surface area contributed by atoms with E-state index >= 15 is 0 Å². The van der Waals surface area contributed by atoms with Gasteiger partial charge >= 0.3 is 15.2 Å². The molecule has 0 heterocycles. The molecule has 8 heteroatoms. The largest absolute Gasteiger partial charge is 0.331 e. The quantitative estimate of drug-likeness (QED) is 0.563. The SMILES string of the molecule is [CH2]C([CH2])(CP(=O)(O)O)CP(=O)(OCc1ccccc1)OCc1ccccc1. The van der Waals surface area contributed by atoms with Crippen molar-refractivity contribution in [1.29, 1.82) is 0 Å². The van der Waals surface area contributed by atoms with Crippen LogP contribution >= 0.6 is 15.2 Å². The Morgan fingerprint density at radius 3 is 1.56 bits per heavy atom. The van der Waals surface area contributed by atoms with Gasteiger partial charge in [-0.3, -0.25) is 9.13 Å². The van der Waals surface area contributed by atoms with Crippen molar-refractivity contribution in [3.05, 3.63) is 85.6 Å². The molecule has 0 amide bonds. The second-order valence-electron chi connectivity index (χ2n) is 6.61. The van der Waals surface area contributed by atoms with Gasteiger partial charge in [0.2, 0.25) is 0 Å². The zero-order valence-electron chi connectivity index (χ0n) is 14.9. The number of hydrogen-bond donors (Lipinski definition) is 2. The van der Waals surface area contributed by atoms with Crippen LogP contribution in [0.3, 0.4) is 0 Å². The first-order chi connectivity index (χ1) is 12.6. The molecule has 0 aliphatic carbocycles. The van der Waals surface area contributed by atoms with Crippen molar-refractivity contribution in [3.63, 3.8) is 0 Å². The van der Waals surface area contributed by atoms with Crippen molar-refractivity contribution >= 4 is 15.2 Å². The van der Waals surface area contributed by atoms with Crippen molar-refractivity contribution in [2.75, 3.05) is 12.3 Å². The monoisotopic (exact) mass is 410 g/mol. The minimum Gasteiger partial charge on any atom is -0.324 e. The van der Waals surface area contributed by atoms with Crippen molar-refractivity contribution in [2.45, 2.75) is 13.2 Å². The molecule has 0 saturated heterocycles. The summed E-state index contributed by atoms with van der Waals surface area (Å²) in [5.41, 5.74) is 0.187. The lowest BCUT2D eigenvalue weighted by molar-refractivity contribution is 0.186. The molecule has 27 heavy (non-hydrogen) atoms. The molecule has 0 atom stereocenters. The van der Waals surface area contributed by atoms with Crippen molar-refractivity contribution in [2.24, 2.45) is 5.41 Å². The molecule has 2 radical (unpaired) electrons. The van der Waals surface area contributed by atoms with E-state index in [1.807, 2.05) is 60.7 Å². The Morgan fingerprint density at radius 1 is 0.778 bits per heavy atom. The molecule has 0 aliphatic rings. The summed E-state index contributed by atoms with van der Waals surface area (Å²) in [7, 11) is -8.11. The van der Waals surface area contributed by atoms with Gasteiger partial charge in [0.25, 0.3) is 0 Å². The molecule has 0 aromatic heterocycles. The predicted molar refractivity (Wildman–Crippen MR) is 105 cm³/mol. The van der Waals surface area contributed by atoms with Crippen LogP contribution in [0.5, 0.6) is 0 Å². The summed E-state index contributed by atoms with van der Waals surface area (Å²) in [6.45, 7) is 7.51. The summed E-state index contributed by atoms with van der Waals surface area (Å²) in [6.07, 6.45) is -0.932. The van der Waals surface area contributed by atoms with Gasteiger partial charge in [-0.2, -0.15) is 0 Å². The number of benzene rings is 2. The van der Waals surface area contributed by atoms with E-state index in [1.54, 1.807) is 0 Å². The summed E-state index contributed by atoms with van der Waals surface area (Å²) >= 11 is 0. The molecule has 0 unspecified atom stereocenters. The van der Waals surface area contributed by atoms with Crippen LogP contribution in [0.25, 0.3) is 0 Å². The van der Waals surface area contributed by atoms with E-state index in [-0.39, 0.29) is 19.4 Å². The van der Waals surface area contributed by atoms with Gasteiger partial charge in [0.15, 0.2) is 0 Å². The molecule has 0 saturated carbocycles. The Bertz CT molecular complexity index is 754. The Hall–Kier alpha value is -1.26. The maximum Gasteiger partial charge on any atom is 0.331 e. The highest BCUT2D eigenvalue weighted by molar-refractivity contribution is 7.54. The number of hydrogen-bond acceptors (Lipinski definition) is 4. The fourth-order valence-corrected chi connectivity index (χ4v) is 5.56. The Balaban J connectivity index is 2.13. The van der Waals surface area contributed by atoms with Gasteiger partial charge in [0, 0.05) is 0 Å². The van der Waals surface area contributed by atoms with E-state index in [2.05, 4.69) is 13.8 Å². The maximum atomic E-state index is 13.3. The average Bonchev–Trinajstić information content (AvgIpc) is 2.58. The highest BCUT2D eigenvalue weighted by atomic mass is 31.2. The first-order valence-electron chi connectivity index (χ1n) is 8.28. The summed E-state index contributed by atoms with van der Waals surface area (Å²) in [6, 6.07) is 18.3. The van der Waals surface area contributed by atoms with Gasteiger partial charge in [0.1, 0.15) is 0 Å². The first kappa shape index (κ1) is 22.0. The van der Waals surface area contributed by atoms with Gasteiger partial charge < -0.3 is 18.8 Å². The smallest absolute Gasteiger partial charge is 0.324 e. The minimum absolute atomic E-state index is 0.0406. The molecule has 146 valence electrons. The fraction of sp³-hybridized carbons (Fsp3) is 0.263. The van der Waals surface area contributed by atoms with Crippen molar-refractivity contribution < 1.29 is 28.0 Å². The molecule has 0 fully saturated rings. The van der Waals surface area contributed by atoms with Crippen LogP contribution < -0.4 is 0 Å². The maximum absolute atomic E-state index is 13.3. The second-order valence-corrected chi connectivity index (χ2v) is 10.3. The van der Waals surface area contributed by atoms with Gasteiger partial charge in [-0.25, -0.2) is 0 Å². The van der Waals surface area contributed by atoms with Gasteiger partial charge in [-0.05, 0) is 30.4 Å². The first-order valence-corrected chi connectivity index (χ1v) is 11.8. The predicted octanol–water partition coefficient (Wildman–Crippen LogP) is 4.45. The summed E-state index contributed by atoms with van der Waals surface area (Å²) in [5.74, 6) is 0. The van der Waals surface area contributed by atoms with Gasteiger partial charge in [-0.15, -0.1) is 0 Å². The van der Waals surface area contributed by atoms with E-state index in [0.29, 0.717) is 0 Å². The van der Waals surface area contributed by atoms with E-state index in [0.717, 1.165) is 11.1 Å². The van der Waals surface area contributed by atoms with Crippen LogP contribution in [0.15, 0.2) is 60.7 Å². The zero-order chi connectivity index (χ0) is 20.0. The van der Waals surface area contributed by atoms with Crippen molar-refractivity contribution in [3.8, 4) is 0 Å². The van der Waals surface area contributed by atoms with Gasteiger partial charge in [-0.1, -0.05) is 60.7 Å². The normalized spacial score (nSPS) is 12.9. The van der Waals surface area contributed by atoms with Crippen LogP contribution in [0, 0.1) is 19.3 Å². The van der Waals surface area contributed by atoms with Gasteiger partial charge in [0.05, 0.1) is 25.5 Å². The Morgan fingerprint density at radius 2 is 1.19 bits per heavy atom. The lowest BCUT2D eigenvalue weighted by Gasteiger charge is -2.29. The lowest BCUT2D eigenvalue weighted by Crippen LogP contribution is -2.24. The highest BCUT2D eigenvalue weighted by Crippen LogP contribution is 2.56. The molecule has 2 aromatic carbocycles. The van der Waals surface area contributed by atoms with Crippen LogP contribution in [-0.4, -0.2) is 22.1 Å². The highest BCUT2D eigenvalue weighted by Gasteiger charge is 2.38. The lowest BCUT2D eigenvalue weighted by atomic mass is 10.0. The van der Waals surface area contributed by atoms with E-state index in [4.69, 9.17) is 9.05 Å². The average molecular weight is 410 g/mol. The van der Waals surface area contributed by atoms with E-state index in [1.165, 1.54) is 0 Å². The molecular formula is C19H24O6P2. The van der Waals surface area contributed by atoms with Crippen LogP contribution in [-0.2, 0) is 31.4 Å². The topological polar surface area (TPSA) is 93.1 Å². The minimum atomic E-state index is -4.38. The zero-order valence-corrected chi connectivity index (χ0v) is 16.7. The second kappa shape index (κ2) is 9.29. The molecule has 2 aromatic rings. The van der Waals surface area contributed by atoms with Crippen LogP contribution in [0.4, 0.5) is 0 Å². The molecule has 0 bridgehead atoms. The third-order valence-electron chi connectivity index (χ3n) is 3.61. The molecule has 0 aliphatic heterocycles. The Labute approximate surface area is 160 Å². The van der Waals surface area contributed by atoms with Crippen LogP contribution in [0.2, 0.25) is 0 Å². The van der Waals surface area contributed by atoms with E-state index in [9.17, 15) is 18.9 Å². The summed E-state index contributed by atoms with van der Waals surface area (Å²) < 4.78 is 35.8. The molecule has 2 rings (SSSR count). The van der Waals surface area contributed by atoms with Crippen molar-refractivity contribution in [1.82, 2.24) is 0 Å². The van der Waals surface area contributed by atoms with E-state index < -0.39 is 26.8 Å². The summed E-state index contributed by atoms with van der Waals surface area (Å²) in [4.78, 5) is 18.5. The summed E-state index contributed by atoms with van der Waals surface area (Å²) in [5, 5.41) is 0. The molecule has 6 nitrogen and oxygen atoms in total. The molecule has 0 spiro atoms. The fourth-order valence-electron chi connectivity index (χ4n) is 2.52. The Kier molecular flexibility index (Phi) is 7.58. The molecular weight excluding hydrogens is 386 g/mol. The number of rotatable bonds is 10. The third-order valence-corrected chi connectivity index (χ3v) is 6.80. The standard InChI is InChI=1S/C19H24O6P2/c1-19(2,15-26(20,21)22)16-27(23,24-13-17-9-5-3-6-10-17)25-14-18-11-7-4-8-12-18/h3-12H,1-2,13-16H2,(H2,20,21,22).